The molecule has 2 saturated heterocycles. The number of hydrogen-bond donors (Lipinski definition) is 3. The Morgan fingerprint density at radius 1 is 1.18 bits per heavy atom. The number of nitrogens with one attached hydrogen (secondary N) is 2. The van der Waals surface area contributed by atoms with Gasteiger partial charge < -0.3 is 25.4 Å². The molecule has 1 amide bonds. The summed E-state index contributed by atoms with van der Waals surface area (Å²) in [4.78, 5) is 25.4. The van der Waals surface area contributed by atoms with Crippen LogP contribution >= 0.6 is 0 Å². The average Bonchev–Trinajstić information content (AvgIpc) is 3.67. The highest BCUT2D eigenvalue weighted by Crippen LogP contribution is 2.26. The average molecular weight is 542 g/mol. The molecule has 3 heterocycles. The summed E-state index contributed by atoms with van der Waals surface area (Å²) in [5, 5.41) is 12.3. The third kappa shape index (κ3) is 6.64. The van der Waals surface area contributed by atoms with Crippen LogP contribution in [-0.2, 0) is 9.53 Å². The third-order valence-electron chi connectivity index (χ3n) is 7.27. The number of carbonyl (C=O) groups is 1. The number of likely N-dealkylation sites (tertiary alicyclic amines) is 1. The van der Waals surface area contributed by atoms with Gasteiger partial charge in [-0.3, -0.25) is 15.1 Å². The molecule has 1 aromatic heterocycles. The Balaban J connectivity index is 1.19. The molecule has 0 unspecified atom stereocenters. The molecule has 2 aliphatic heterocycles. The molecule has 2 aromatic carbocycles. The van der Waals surface area contributed by atoms with Gasteiger partial charge >= 0.3 is 0 Å². The van der Waals surface area contributed by atoms with Crippen LogP contribution in [0.3, 0.4) is 0 Å². The summed E-state index contributed by atoms with van der Waals surface area (Å²) in [6, 6.07) is 17.2. The normalized spacial score (nSPS) is 18.9. The van der Waals surface area contributed by atoms with Crippen molar-refractivity contribution < 1.29 is 14.3 Å². The number of nitrogens with zero attached hydrogens (tertiary/aromatic N) is 4. The van der Waals surface area contributed by atoms with Crippen molar-refractivity contribution in [2.24, 2.45) is 0 Å². The Morgan fingerprint density at radius 3 is 2.70 bits per heavy atom. The highest BCUT2D eigenvalue weighted by molar-refractivity contribution is 6.16. The van der Waals surface area contributed by atoms with E-state index in [-0.39, 0.29) is 23.5 Å². The molecule has 2 aliphatic rings. The molecule has 3 aromatic rings. The summed E-state index contributed by atoms with van der Waals surface area (Å²) < 4.78 is 11.3. The van der Waals surface area contributed by atoms with Gasteiger partial charge in [0.05, 0.1) is 17.9 Å². The lowest BCUT2D eigenvalue weighted by molar-refractivity contribution is -0.125. The minimum absolute atomic E-state index is 0.00616. The van der Waals surface area contributed by atoms with Gasteiger partial charge in [0.25, 0.3) is 0 Å². The van der Waals surface area contributed by atoms with Crippen molar-refractivity contribution in [1.82, 2.24) is 19.8 Å². The fourth-order valence-corrected chi connectivity index (χ4v) is 4.93. The number of likely N-dealkylation sites (N-methyl/N-ethyl adjacent to an activating group) is 1. The van der Waals surface area contributed by atoms with Crippen molar-refractivity contribution in [3.63, 3.8) is 0 Å². The summed E-state index contributed by atoms with van der Waals surface area (Å²) in [7, 11) is 2.05. The fraction of sp³-hybridized carbons (Fsp3) is 0.333. The Morgan fingerprint density at radius 2 is 1.95 bits per heavy atom. The number of ether oxygens (including phenoxy) is 2. The molecule has 4 N–H and O–H groups in total. The van der Waals surface area contributed by atoms with E-state index in [4.69, 9.17) is 20.6 Å². The van der Waals surface area contributed by atoms with Crippen LogP contribution in [0.2, 0.25) is 0 Å². The quantitative estimate of drug-likeness (QED) is 0.262. The number of amides is 1. The van der Waals surface area contributed by atoms with E-state index in [1.165, 1.54) is 6.33 Å². The monoisotopic (exact) mass is 541 g/mol. The van der Waals surface area contributed by atoms with Gasteiger partial charge in [0.15, 0.2) is 0 Å². The van der Waals surface area contributed by atoms with Gasteiger partial charge in [-0.25, -0.2) is 9.97 Å². The number of para-hydroxylation sites is 1. The highest BCUT2D eigenvalue weighted by Gasteiger charge is 2.27. The topological polar surface area (TPSA) is 130 Å². The van der Waals surface area contributed by atoms with Crippen molar-refractivity contribution in [2.75, 3.05) is 50.9 Å². The van der Waals surface area contributed by atoms with Gasteiger partial charge in [-0.15, -0.1) is 0 Å². The van der Waals surface area contributed by atoms with E-state index in [0.29, 0.717) is 48.4 Å². The van der Waals surface area contributed by atoms with Crippen molar-refractivity contribution in [3.05, 3.63) is 84.2 Å². The maximum atomic E-state index is 12.8. The number of benzene rings is 2. The Labute approximate surface area is 234 Å². The maximum Gasteiger partial charge on any atom is 0.246 e. The van der Waals surface area contributed by atoms with Crippen LogP contribution in [0.25, 0.3) is 0 Å². The first-order valence-corrected chi connectivity index (χ1v) is 13.5. The lowest BCUT2D eigenvalue weighted by Crippen LogP contribution is -2.33. The summed E-state index contributed by atoms with van der Waals surface area (Å²) in [5.41, 5.74) is 7.52. The predicted molar refractivity (Wildman–Crippen MR) is 155 cm³/mol. The van der Waals surface area contributed by atoms with Gasteiger partial charge in [-0.2, -0.15) is 0 Å². The molecule has 0 spiro atoms. The summed E-state index contributed by atoms with van der Waals surface area (Å²) in [5.74, 6) is 2.11. The molecule has 0 bridgehead atoms. The van der Waals surface area contributed by atoms with E-state index in [1.807, 2.05) is 65.6 Å². The molecular weight excluding hydrogens is 506 g/mol. The van der Waals surface area contributed by atoms with Crippen molar-refractivity contribution in [1.29, 1.82) is 5.41 Å². The first kappa shape index (κ1) is 27.3. The van der Waals surface area contributed by atoms with Gasteiger partial charge in [0.1, 0.15) is 29.5 Å². The zero-order valence-electron chi connectivity index (χ0n) is 22.6. The van der Waals surface area contributed by atoms with Gasteiger partial charge in [0.2, 0.25) is 5.91 Å². The lowest BCUT2D eigenvalue weighted by Gasteiger charge is -2.21. The number of hydrogen-bond acceptors (Lipinski definition) is 9. The van der Waals surface area contributed by atoms with E-state index in [2.05, 4.69) is 27.2 Å². The minimum atomic E-state index is -0.0156. The molecule has 0 saturated carbocycles. The number of nitrogens with two attached hydrogens (primary N) is 1. The molecule has 5 rings (SSSR count). The molecule has 2 fully saturated rings. The van der Waals surface area contributed by atoms with Gasteiger partial charge in [-0.1, -0.05) is 24.3 Å². The fourth-order valence-electron chi connectivity index (χ4n) is 4.93. The number of anilines is 2. The zero-order valence-corrected chi connectivity index (χ0v) is 22.6. The molecule has 10 nitrogen and oxygen atoms in total. The molecule has 10 heteroatoms. The SMILES string of the molecule is CN(C/C=C/C(=O)N1CC[C@@H](Nc2ncnc(N)c2C(=N)c2ccc(Oc3ccccc3)cc2)C1)[C@H]1CCOC1. The van der Waals surface area contributed by atoms with Crippen LogP contribution in [0.1, 0.15) is 24.0 Å². The molecular formula is C30H35N7O3. The Bertz CT molecular complexity index is 1340. The molecule has 2 atom stereocenters. The standard InChI is InChI=1S/C30H35N7O3/c1-36(23-14-17-39-19-23)15-5-8-26(38)37-16-13-22(18-37)35-30-27(29(32)33-20-34-30)28(31)21-9-11-25(12-10-21)40-24-6-3-2-4-7-24/h2-12,20,22-23,31H,13-19H2,1H3,(H3,32,33,34,35)/b8-5+,31-28?/t22-,23+/m1/s1. The zero-order chi connectivity index (χ0) is 27.9. The van der Waals surface area contributed by atoms with Crippen LogP contribution in [0.5, 0.6) is 11.5 Å². The van der Waals surface area contributed by atoms with E-state index in [0.717, 1.165) is 31.8 Å². The van der Waals surface area contributed by atoms with Gasteiger partial charge in [0, 0.05) is 50.0 Å². The first-order valence-electron chi connectivity index (χ1n) is 13.5. The number of nitrogen functional groups attached to an aromatic ring is 1. The third-order valence-corrected chi connectivity index (χ3v) is 7.27. The largest absolute Gasteiger partial charge is 0.457 e. The van der Waals surface area contributed by atoms with Crippen LogP contribution < -0.4 is 15.8 Å². The van der Waals surface area contributed by atoms with E-state index in [9.17, 15) is 4.79 Å². The first-order chi connectivity index (χ1) is 19.5. The highest BCUT2D eigenvalue weighted by atomic mass is 16.5. The van der Waals surface area contributed by atoms with Crippen LogP contribution in [0.15, 0.2) is 73.1 Å². The summed E-state index contributed by atoms with van der Waals surface area (Å²) >= 11 is 0. The van der Waals surface area contributed by atoms with Crippen molar-refractivity contribution >= 4 is 23.3 Å². The summed E-state index contributed by atoms with van der Waals surface area (Å²) in [6.07, 6.45) is 6.75. The van der Waals surface area contributed by atoms with Crippen molar-refractivity contribution in [2.45, 2.75) is 24.9 Å². The molecule has 0 aliphatic carbocycles. The van der Waals surface area contributed by atoms with E-state index < -0.39 is 0 Å². The van der Waals surface area contributed by atoms with Crippen LogP contribution in [0.4, 0.5) is 11.6 Å². The summed E-state index contributed by atoms with van der Waals surface area (Å²) in [6.45, 7) is 3.44. The molecule has 0 radical (unpaired) electrons. The second kappa shape index (κ2) is 12.7. The molecule has 208 valence electrons. The Kier molecular flexibility index (Phi) is 8.68. The van der Waals surface area contributed by atoms with E-state index in [1.54, 1.807) is 6.08 Å². The van der Waals surface area contributed by atoms with Crippen molar-refractivity contribution in [3.8, 4) is 11.5 Å². The smallest absolute Gasteiger partial charge is 0.246 e. The number of rotatable bonds is 10. The Hall–Kier alpha value is -4.28. The second-order valence-corrected chi connectivity index (χ2v) is 10.1. The molecule has 40 heavy (non-hydrogen) atoms. The number of aromatic nitrogens is 2. The van der Waals surface area contributed by atoms with Crippen LogP contribution in [0, 0.1) is 5.41 Å². The van der Waals surface area contributed by atoms with Crippen LogP contribution in [-0.4, -0.2) is 83.4 Å². The lowest BCUT2D eigenvalue weighted by atomic mass is 10.0. The number of carbonyl (C=O) groups excluding carboxylic acids is 1. The predicted octanol–water partition coefficient (Wildman–Crippen LogP) is 3.56. The second-order valence-electron chi connectivity index (χ2n) is 10.1. The maximum absolute atomic E-state index is 12.8. The van der Waals surface area contributed by atoms with Gasteiger partial charge in [-0.05, 0) is 56.3 Å². The van der Waals surface area contributed by atoms with E-state index >= 15 is 0 Å². The minimum Gasteiger partial charge on any atom is -0.457 e.